The Bertz CT molecular complexity index is 913. The van der Waals surface area contributed by atoms with E-state index in [2.05, 4.69) is 49.4 Å². The average molecular weight is 413 g/mol. The molecule has 0 radical (unpaired) electrons. The van der Waals surface area contributed by atoms with Crippen LogP contribution in [0, 0.1) is 25.2 Å². The minimum absolute atomic E-state index is 0.0793. The number of piperazine rings is 1. The Morgan fingerprint density at radius 2 is 2.14 bits per heavy atom. The minimum Gasteiger partial charge on any atom is -0.352 e. The summed E-state index contributed by atoms with van der Waals surface area (Å²) in [5.74, 6) is 1.53. The topological polar surface area (TPSA) is 84.2 Å². The Labute approximate surface area is 176 Å². The Kier molecular flexibility index (Phi) is 5.42. The van der Waals surface area contributed by atoms with Gasteiger partial charge in [-0.3, -0.25) is 4.90 Å². The van der Waals surface area contributed by atoms with Gasteiger partial charge in [-0.2, -0.15) is 14.6 Å². The molecule has 29 heavy (non-hydrogen) atoms. The highest BCUT2D eigenvalue weighted by Crippen LogP contribution is 2.37. The van der Waals surface area contributed by atoms with Gasteiger partial charge in [0.15, 0.2) is 0 Å². The summed E-state index contributed by atoms with van der Waals surface area (Å²) in [4.78, 5) is 16.4. The molecule has 0 aromatic carbocycles. The summed E-state index contributed by atoms with van der Waals surface area (Å²) in [5.41, 5.74) is 1.95. The van der Waals surface area contributed by atoms with Gasteiger partial charge in [-0.1, -0.05) is 0 Å². The molecule has 1 N–H and O–H groups in total. The minimum atomic E-state index is -0.0793. The normalized spacial score (nSPS) is 22.2. The van der Waals surface area contributed by atoms with Crippen LogP contribution in [0.25, 0.3) is 0 Å². The second-order valence-electron chi connectivity index (χ2n) is 8.35. The molecule has 9 heteroatoms. The largest absolute Gasteiger partial charge is 0.352 e. The van der Waals surface area contributed by atoms with E-state index in [1.165, 1.54) is 11.5 Å². The van der Waals surface area contributed by atoms with Gasteiger partial charge >= 0.3 is 0 Å². The summed E-state index contributed by atoms with van der Waals surface area (Å²) in [5, 5.41) is 13.7. The van der Waals surface area contributed by atoms with Crippen LogP contribution in [0.5, 0.6) is 0 Å². The maximum Gasteiger partial charge on any atom is 0.229 e. The van der Waals surface area contributed by atoms with Gasteiger partial charge in [0.2, 0.25) is 5.95 Å². The van der Waals surface area contributed by atoms with E-state index in [9.17, 15) is 5.26 Å². The van der Waals surface area contributed by atoms with Crippen molar-refractivity contribution in [2.75, 3.05) is 50.0 Å². The zero-order chi connectivity index (χ0) is 20.6. The summed E-state index contributed by atoms with van der Waals surface area (Å²) in [6, 6.07) is 4.93. The maximum absolute atomic E-state index is 9.49. The molecule has 4 rings (SSSR count). The van der Waals surface area contributed by atoms with Crippen molar-refractivity contribution in [1.82, 2.24) is 24.1 Å². The predicted molar refractivity (Wildman–Crippen MR) is 116 cm³/mol. The molecule has 2 aliphatic heterocycles. The van der Waals surface area contributed by atoms with E-state index in [4.69, 9.17) is 4.98 Å². The van der Waals surface area contributed by atoms with Crippen molar-refractivity contribution in [3.05, 3.63) is 23.5 Å². The lowest BCUT2D eigenvalue weighted by atomic mass is 9.83. The fourth-order valence-electron chi connectivity index (χ4n) is 4.21. The van der Waals surface area contributed by atoms with Gasteiger partial charge in [-0.05, 0) is 45.4 Å². The van der Waals surface area contributed by atoms with Crippen molar-refractivity contribution < 1.29 is 0 Å². The monoisotopic (exact) mass is 412 g/mol. The molecule has 0 amide bonds. The molecule has 1 atom stereocenters. The van der Waals surface area contributed by atoms with Gasteiger partial charge in [0.1, 0.15) is 10.8 Å². The Hall–Kier alpha value is -2.28. The quantitative estimate of drug-likeness (QED) is 0.801. The van der Waals surface area contributed by atoms with E-state index in [0.29, 0.717) is 18.4 Å². The smallest absolute Gasteiger partial charge is 0.229 e. The summed E-state index contributed by atoms with van der Waals surface area (Å²) in [6.45, 7) is 11.0. The zero-order valence-corrected chi connectivity index (χ0v) is 18.3. The number of aryl methyl sites for hydroxylation is 2. The van der Waals surface area contributed by atoms with E-state index in [1.807, 2.05) is 26.1 Å². The Balaban J connectivity index is 1.50. The highest BCUT2D eigenvalue weighted by molar-refractivity contribution is 7.10. The summed E-state index contributed by atoms with van der Waals surface area (Å²) in [7, 11) is 2.18. The van der Waals surface area contributed by atoms with Crippen LogP contribution in [-0.2, 0) is 0 Å². The first-order valence-corrected chi connectivity index (χ1v) is 10.8. The molecule has 0 saturated carbocycles. The highest BCUT2D eigenvalue weighted by Gasteiger charge is 2.49. The summed E-state index contributed by atoms with van der Waals surface area (Å²) < 4.78 is 4.29. The van der Waals surface area contributed by atoms with Gasteiger partial charge in [-0.25, -0.2) is 4.98 Å². The van der Waals surface area contributed by atoms with Crippen molar-refractivity contribution in [3.63, 3.8) is 0 Å². The fraction of sp³-hybridized carbons (Fsp3) is 0.600. The van der Waals surface area contributed by atoms with Crippen LogP contribution >= 0.6 is 11.5 Å². The van der Waals surface area contributed by atoms with E-state index < -0.39 is 0 Å². The molecule has 154 valence electrons. The second kappa shape index (κ2) is 7.86. The number of anilines is 3. The lowest BCUT2D eigenvalue weighted by Gasteiger charge is -2.58. The average Bonchev–Trinajstić information content (AvgIpc) is 3.07. The number of nitriles is 1. The van der Waals surface area contributed by atoms with Crippen molar-refractivity contribution in [3.8, 4) is 6.07 Å². The molecule has 0 unspecified atom stereocenters. The summed E-state index contributed by atoms with van der Waals surface area (Å²) >= 11 is 1.41. The van der Waals surface area contributed by atoms with Crippen LogP contribution in [0.2, 0.25) is 0 Å². The fourth-order valence-corrected chi connectivity index (χ4v) is 4.87. The van der Waals surface area contributed by atoms with Crippen molar-refractivity contribution in [1.29, 1.82) is 5.26 Å². The molecule has 2 fully saturated rings. The highest BCUT2D eigenvalue weighted by atomic mass is 32.1. The molecular weight excluding hydrogens is 384 g/mol. The SMILES string of the molecule is Cc1cc(Nc2ncc(C)c(N3CC(CC#N)(N4CCN(C)[C@H](C)C4)C3)n2)sn1. The van der Waals surface area contributed by atoms with E-state index in [1.54, 1.807) is 0 Å². The molecule has 2 aliphatic rings. The van der Waals surface area contributed by atoms with Crippen molar-refractivity contribution in [2.24, 2.45) is 0 Å². The van der Waals surface area contributed by atoms with Gasteiger partial charge in [0.05, 0.1) is 23.7 Å². The standard InChI is InChI=1S/C20H28N8S/c1-14-10-22-19(23-17-9-15(2)25-29-17)24-18(14)27-12-20(13-27,5-6-21)28-8-7-26(4)16(3)11-28/h9-10,16H,5,7-8,11-13H2,1-4H3,(H,22,23,24)/t16-/m1/s1. The van der Waals surface area contributed by atoms with E-state index in [-0.39, 0.29) is 5.54 Å². The van der Waals surface area contributed by atoms with Crippen molar-refractivity contribution >= 4 is 28.3 Å². The third-order valence-electron chi connectivity index (χ3n) is 6.12. The molecule has 0 spiro atoms. The maximum atomic E-state index is 9.49. The van der Waals surface area contributed by atoms with Crippen LogP contribution in [0.4, 0.5) is 16.8 Å². The lowest BCUT2D eigenvalue weighted by Crippen LogP contribution is -2.73. The molecule has 2 saturated heterocycles. The molecule has 2 aromatic rings. The Morgan fingerprint density at radius 3 is 2.79 bits per heavy atom. The third-order valence-corrected chi connectivity index (χ3v) is 6.91. The predicted octanol–water partition coefficient (Wildman–Crippen LogP) is 2.40. The third kappa shape index (κ3) is 3.92. The number of aromatic nitrogens is 3. The van der Waals surface area contributed by atoms with Gasteiger partial charge in [0.25, 0.3) is 0 Å². The van der Waals surface area contributed by atoms with Crippen LogP contribution in [0.1, 0.15) is 24.6 Å². The van der Waals surface area contributed by atoms with Crippen LogP contribution in [0.15, 0.2) is 12.3 Å². The molecule has 4 heterocycles. The molecule has 0 bridgehead atoms. The van der Waals surface area contributed by atoms with Crippen LogP contribution in [-0.4, -0.2) is 75.5 Å². The summed E-state index contributed by atoms with van der Waals surface area (Å²) in [6.07, 6.45) is 2.41. The number of hydrogen-bond donors (Lipinski definition) is 1. The van der Waals surface area contributed by atoms with Crippen molar-refractivity contribution in [2.45, 2.75) is 38.8 Å². The number of hydrogen-bond acceptors (Lipinski definition) is 9. The number of likely N-dealkylation sites (N-methyl/N-ethyl adjacent to an activating group) is 1. The van der Waals surface area contributed by atoms with Crippen LogP contribution in [0.3, 0.4) is 0 Å². The van der Waals surface area contributed by atoms with Crippen LogP contribution < -0.4 is 10.2 Å². The first kappa shape index (κ1) is 20.0. The van der Waals surface area contributed by atoms with E-state index in [0.717, 1.165) is 54.8 Å². The number of rotatable bonds is 5. The molecular formula is C20H28N8S. The van der Waals surface area contributed by atoms with E-state index >= 15 is 0 Å². The molecule has 0 aliphatic carbocycles. The first-order chi connectivity index (χ1) is 13.9. The molecule has 8 nitrogen and oxygen atoms in total. The lowest BCUT2D eigenvalue weighted by molar-refractivity contribution is -0.000459. The second-order valence-corrected chi connectivity index (χ2v) is 9.15. The Morgan fingerprint density at radius 1 is 1.34 bits per heavy atom. The molecule has 2 aromatic heterocycles. The number of nitrogens with zero attached hydrogens (tertiary/aromatic N) is 7. The van der Waals surface area contributed by atoms with Gasteiger partial charge < -0.3 is 15.1 Å². The first-order valence-electron chi connectivity index (χ1n) is 10.0. The van der Waals surface area contributed by atoms with Gasteiger partial charge in [0, 0.05) is 50.5 Å². The number of nitrogens with one attached hydrogen (secondary N) is 1. The zero-order valence-electron chi connectivity index (χ0n) is 17.5. The van der Waals surface area contributed by atoms with Gasteiger partial charge in [-0.15, -0.1) is 0 Å².